The summed E-state index contributed by atoms with van der Waals surface area (Å²) in [5.41, 5.74) is 0. The van der Waals surface area contributed by atoms with Gasteiger partial charge in [0.25, 0.3) is 0 Å². The van der Waals surface area contributed by atoms with Crippen LogP contribution in [0.4, 0.5) is 0 Å². The molecule has 0 aromatic rings. The first-order chi connectivity index (χ1) is 1.73. The fourth-order valence-corrected chi connectivity index (χ4v) is 0. The molecule has 0 spiro atoms. The molecule has 0 aromatic heterocycles. The zero-order valence-corrected chi connectivity index (χ0v) is 7.04. The minimum absolute atomic E-state index is 0. The van der Waals surface area contributed by atoms with Crippen molar-refractivity contribution in [2.75, 3.05) is 0 Å². The molecule has 4 nitrogen and oxygen atoms in total. The molecule has 0 bridgehead atoms. The third-order valence-corrected chi connectivity index (χ3v) is 0. The fraction of sp³-hybridized carbons (Fsp3) is 0. The van der Waals surface area contributed by atoms with E-state index in [-0.39, 0.29) is 68.5 Å². The van der Waals surface area contributed by atoms with Crippen molar-refractivity contribution in [3.05, 3.63) is 15.3 Å². The van der Waals surface area contributed by atoms with Gasteiger partial charge >= 0.3 is 51.4 Å². The molecule has 0 saturated heterocycles. The Bertz CT molecular complexity index is 33.8. The molecular weight excluding hydrogens is 165 g/mol. The summed E-state index contributed by atoms with van der Waals surface area (Å²) in [6, 6.07) is 0. The van der Waals surface area contributed by atoms with E-state index in [0.717, 1.165) is 0 Å². The molecule has 0 aliphatic rings. The van der Waals surface area contributed by atoms with Crippen LogP contribution < -0.4 is 51.4 Å². The third-order valence-electron chi connectivity index (χ3n) is 0. The van der Waals surface area contributed by atoms with Crippen molar-refractivity contribution in [3.63, 3.8) is 0 Å². The summed E-state index contributed by atoms with van der Waals surface area (Å²) >= 11 is 0. The summed E-state index contributed by atoms with van der Waals surface area (Å²) in [6.07, 6.45) is 0. The molecule has 0 rings (SSSR count). The van der Waals surface area contributed by atoms with Crippen LogP contribution in [0, 0.1) is 15.3 Å². The van der Waals surface area contributed by atoms with Gasteiger partial charge < -0.3 is 15.3 Å². The van der Waals surface area contributed by atoms with Gasteiger partial charge in [-0.3, -0.25) is 0 Å². The van der Waals surface area contributed by atoms with Gasteiger partial charge in [0.15, 0.2) is 0 Å². The standard InChI is InChI=1S/Cu.K.NO3/c;;2-1(3)4/q;+1;-1. The topological polar surface area (TPSA) is 66.2 Å². The molecule has 1 radical (unpaired) electrons. The van der Waals surface area contributed by atoms with Crippen molar-refractivity contribution < 1.29 is 73.5 Å². The molecule has 0 N–H and O–H groups in total. The van der Waals surface area contributed by atoms with Crippen molar-refractivity contribution >= 4 is 0 Å². The zero-order chi connectivity index (χ0) is 3.58. The van der Waals surface area contributed by atoms with E-state index in [1.807, 2.05) is 0 Å². The molecule has 0 heterocycles. The van der Waals surface area contributed by atoms with Crippen LogP contribution in [-0.2, 0) is 17.1 Å². The Kier molecular flexibility index (Phi) is 25.1. The molecule has 0 saturated carbocycles. The molecule has 6 heteroatoms. The minimum atomic E-state index is -1.75. The van der Waals surface area contributed by atoms with E-state index in [1.165, 1.54) is 0 Å². The van der Waals surface area contributed by atoms with Gasteiger partial charge in [-0.25, -0.2) is 0 Å². The second-order valence-electron chi connectivity index (χ2n) is 0.224. The number of hydrogen-bond acceptors (Lipinski definition) is 3. The summed E-state index contributed by atoms with van der Waals surface area (Å²) in [5.74, 6) is 0. The maximum atomic E-state index is 8.25. The molecule has 0 aliphatic heterocycles. The van der Waals surface area contributed by atoms with Crippen molar-refractivity contribution in [2.45, 2.75) is 0 Å². The van der Waals surface area contributed by atoms with E-state index in [9.17, 15) is 0 Å². The summed E-state index contributed by atoms with van der Waals surface area (Å²) in [4.78, 5) is 8.25. The van der Waals surface area contributed by atoms with E-state index in [2.05, 4.69) is 0 Å². The first-order valence-corrected chi connectivity index (χ1v) is 0.548. The molecule has 0 aliphatic carbocycles. The van der Waals surface area contributed by atoms with Gasteiger partial charge in [-0.15, -0.1) is 0 Å². The number of hydrogen-bond donors (Lipinski definition) is 0. The minimum Gasteiger partial charge on any atom is -0.356 e. The summed E-state index contributed by atoms with van der Waals surface area (Å²) in [7, 11) is 0. The largest absolute Gasteiger partial charge is 1.00 e. The Morgan fingerprint density at radius 2 is 1.33 bits per heavy atom. The average Bonchev–Trinajstić information content (AvgIpc) is 0.811. The van der Waals surface area contributed by atoms with Crippen molar-refractivity contribution in [2.24, 2.45) is 0 Å². The van der Waals surface area contributed by atoms with Crippen LogP contribution in [-0.4, -0.2) is 5.09 Å². The van der Waals surface area contributed by atoms with Gasteiger partial charge in [-0.05, 0) is 0 Å². The maximum Gasteiger partial charge on any atom is 1.00 e. The zero-order valence-electron chi connectivity index (χ0n) is 2.97. The molecule has 35 valence electrons. The van der Waals surface area contributed by atoms with E-state index in [0.29, 0.717) is 0 Å². The fourth-order valence-electron chi connectivity index (χ4n) is 0. The van der Waals surface area contributed by atoms with Gasteiger partial charge in [0.1, 0.15) is 0 Å². The maximum absolute atomic E-state index is 8.25. The molecule has 0 fully saturated rings. The van der Waals surface area contributed by atoms with Crippen LogP contribution in [0.2, 0.25) is 0 Å². The van der Waals surface area contributed by atoms with Crippen LogP contribution in [0.15, 0.2) is 0 Å². The molecule has 6 heavy (non-hydrogen) atoms. The summed E-state index contributed by atoms with van der Waals surface area (Å²) in [5, 5.41) is 14.8. The first kappa shape index (κ1) is 15.7. The van der Waals surface area contributed by atoms with Crippen LogP contribution in [0.5, 0.6) is 0 Å². The van der Waals surface area contributed by atoms with E-state index >= 15 is 0 Å². The normalized spacial score (nSPS) is 4.00. The predicted octanol–water partition coefficient (Wildman–Crippen LogP) is -3.24. The average molecular weight is 165 g/mol. The van der Waals surface area contributed by atoms with Crippen LogP contribution in [0.1, 0.15) is 0 Å². The predicted molar refractivity (Wildman–Crippen MR) is 10.4 cm³/mol. The van der Waals surface area contributed by atoms with Gasteiger partial charge in [0.05, 0.1) is 5.09 Å². The number of rotatable bonds is 0. The van der Waals surface area contributed by atoms with Crippen molar-refractivity contribution in [1.29, 1.82) is 0 Å². The Labute approximate surface area is 87.3 Å². The SMILES string of the molecule is O=[N+]([O-])[O-].[Cu].[K+]. The summed E-state index contributed by atoms with van der Waals surface area (Å²) < 4.78 is 0. The van der Waals surface area contributed by atoms with Crippen LogP contribution >= 0.6 is 0 Å². The monoisotopic (exact) mass is 164 g/mol. The first-order valence-electron chi connectivity index (χ1n) is 0.548. The smallest absolute Gasteiger partial charge is 0.356 e. The van der Waals surface area contributed by atoms with Crippen molar-refractivity contribution in [1.82, 2.24) is 0 Å². The molecular formula is CuKNO3. The van der Waals surface area contributed by atoms with Gasteiger partial charge in [-0.1, -0.05) is 0 Å². The second-order valence-corrected chi connectivity index (χ2v) is 0.224. The van der Waals surface area contributed by atoms with E-state index in [4.69, 9.17) is 15.3 Å². The quantitative estimate of drug-likeness (QED) is 0.215. The summed E-state index contributed by atoms with van der Waals surface area (Å²) in [6.45, 7) is 0. The van der Waals surface area contributed by atoms with Crippen molar-refractivity contribution in [3.8, 4) is 0 Å². The molecule has 0 atom stereocenters. The number of nitrogens with zero attached hydrogens (tertiary/aromatic N) is 1. The Hall–Kier alpha value is 1.36. The molecule has 0 aromatic carbocycles. The Morgan fingerprint density at radius 3 is 1.33 bits per heavy atom. The van der Waals surface area contributed by atoms with Crippen LogP contribution in [0.25, 0.3) is 0 Å². The second kappa shape index (κ2) is 9.61. The van der Waals surface area contributed by atoms with E-state index < -0.39 is 5.09 Å². The van der Waals surface area contributed by atoms with E-state index in [1.54, 1.807) is 0 Å². The van der Waals surface area contributed by atoms with Gasteiger partial charge in [0, 0.05) is 17.1 Å². The van der Waals surface area contributed by atoms with Gasteiger partial charge in [0.2, 0.25) is 0 Å². The van der Waals surface area contributed by atoms with Crippen LogP contribution in [0.3, 0.4) is 0 Å². The van der Waals surface area contributed by atoms with Gasteiger partial charge in [-0.2, -0.15) is 0 Å². The molecule has 0 amide bonds. The Balaban J connectivity index is -0.0000000450. The Morgan fingerprint density at radius 1 is 1.33 bits per heavy atom. The molecule has 0 unspecified atom stereocenters. The third kappa shape index (κ3) is 55.3.